The number of ether oxygens (including phenoxy) is 1. The van der Waals surface area contributed by atoms with Gasteiger partial charge in [-0.2, -0.15) is 0 Å². The number of nitrogens with zero attached hydrogens (tertiary/aromatic N) is 1. The van der Waals surface area contributed by atoms with Crippen LogP contribution in [0.4, 0.5) is 0 Å². The minimum absolute atomic E-state index is 0.589. The molecular weight excluding hydrogens is 152 g/mol. The Morgan fingerprint density at radius 1 is 1.50 bits per heavy atom. The highest BCUT2D eigenvalue weighted by molar-refractivity contribution is 5.80. The molecule has 0 unspecified atom stereocenters. The average molecular weight is 172 g/mol. The first-order valence-corrected chi connectivity index (χ1v) is 4.44. The fraction of sp³-hybridized carbons (Fsp3) is 0.889. The average Bonchev–Trinajstić information content (AvgIpc) is 2.01. The van der Waals surface area contributed by atoms with Gasteiger partial charge in [-0.05, 0) is 12.3 Å². The molecule has 0 radical (unpaired) electrons. The SMILES string of the molecule is COCCCC(N)=NCC(C)C. The Labute approximate surface area is 75.0 Å². The Kier molecular flexibility index (Phi) is 6.76. The van der Waals surface area contributed by atoms with Crippen molar-refractivity contribution in [2.45, 2.75) is 26.7 Å². The number of hydrogen-bond donors (Lipinski definition) is 1. The summed E-state index contributed by atoms with van der Waals surface area (Å²) in [5.74, 6) is 1.34. The molecule has 0 heterocycles. The Morgan fingerprint density at radius 2 is 2.17 bits per heavy atom. The first kappa shape index (κ1) is 11.4. The maximum absolute atomic E-state index is 5.66. The van der Waals surface area contributed by atoms with Gasteiger partial charge in [-0.3, -0.25) is 4.99 Å². The molecular formula is C9H20N2O. The van der Waals surface area contributed by atoms with Gasteiger partial charge in [-0.25, -0.2) is 0 Å². The highest BCUT2D eigenvalue weighted by Crippen LogP contribution is 1.94. The van der Waals surface area contributed by atoms with E-state index in [1.165, 1.54) is 0 Å². The van der Waals surface area contributed by atoms with Crippen molar-refractivity contribution in [2.24, 2.45) is 16.6 Å². The molecule has 0 aromatic heterocycles. The van der Waals surface area contributed by atoms with Crippen LogP contribution in [-0.2, 0) is 4.74 Å². The number of methoxy groups -OCH3 is 1. The summed E-state index contributed by atoms with van der Waals surface area (Å²) >= 11 is 0. The first-order chi connectivity index (χ1) is 5.66. The van der Waals surface area contributed by atoms with Crippen molar-refractivity contribution in [3.8, 4) is 0 Å². The van der Waals surface area contributed by atoms with Gasteiger partial charge in [0.2, 0.25) is 0 Å². The molecule has 0 aliphatic carbocycles. The summed E-state index contributed by atoms with van der Waals surface area (Å²) in [7, 11) is 1.70. The van der Waals surface area contributed by atoms with E-state index in [0.29, 0.717) is 5.92 Å². The summed E-state index contributed by atoms with van der Waals surface area (Å²) in [4.78, 5) is 4.23. The quantitative estimate of drug-likeness (QED) is 0.374. The van der Waals surface area contributed by atoms with Crippen LogP contribution in [0.15, 0.2) is 4.99 Å². The predicted octanol–water partition coefficient (Wildman–Crippen LogP) is 1.43. The molecule has 0 amide bonds. The lowest BCUT2D eigenvalue weighted by Gasteiger charge is -2.02. The number of nitrogens with two attached hydrogens (primary N) is 1. The minimum Gasteiger partial charge on any atom is -0.387 e. The van der Waals surface area contributed by atoms with Crippen molar-refractivity contribution in [3.05, 3.63) is 0 Å². The molecule has 0 aromatic rings. The van der Waals surface area contributed by atoms with Gasteiger partial charge in [0.1, 0.15) is 0 Å². The van der Waals surface area contributed by atoms with Crippen molar-refractivity contribution >= 4 is 5.84 Å². The summed E-state index contributed by atoms with van der Waals surface area (Å²) in [5.41, 5.74) is 5.66. The molecule has 12 heavy (non-hydrogen) atoms. The molecule has 3 nitrogen and oxygen atoms in total. The van der Waals surface area contributed by atoms with E-state index >= 15 is 0 Å². The van der Waals surface area contributed by atoms with E-state index in [0.717, 1.165) is 31.8 Å². The van der Waals surface area contributed by atoms with E-state index in [1.54, 1.807) is 7.11 Å². The first-order valence-electron chi connectivity index (χ1n) is 4.44. The van der Waals surface area contributed by atoms with Crippen LogP contribution in [0.1, 0.15) is 26.7 Å². The van der Waals surface area contributed by atoms with Gasteiger partial charge >= 0.3 is 0 Å². The standard InChI is InChI=1S/C9H20N2O/c1-8(2)7-11-9(10)5-4-6-12-3/h8H,4-7H2,1-3H3,(H2,10,11). The second-order valence-electron chi connectivity index (χ2n) is 3.32. The Bertz CT molecular complexity index is 132. The van der Waals surface area contributed by atoms with Crippen molar-refractivity contribution < 1.29 is 4.74 Å². The predicted molar refractivity (Wildman–Crippen MR) is 52.4 cm³/mol. The Hall–Kier alpha value is -0.570. The molecule has 0 atom stereocenters. The summed E-state index contributed by atoms with van der Waals surface area (Å²) in [6.07, 6.45) is 1.81. The zero-order valence-electron chi connectivity index (χ0n) is 8.34. The van der Waals surface area contributed by atoms with Crippen molar-refractivity contribution in [1.29, 1.82) is 0 Å². The molecule has 0 aromatic carbocycles. The van der Waals surface area contributed by atoms with Gasteiger partial charge in [0.05, 0.1) is 5.84 Å². The van der Waals surface area contributed by atoms with E-state index in [9.17, 15) is 0 Å². The van der Waals surface area contributed by atoms with Crippen LogP contribution in [0.3, 0.4) is 0 Å². The Morgan fingerprint density at radius 3 is 2.67 bits per heavy atom. The van der Waals surface area contributed by atoms with Crippen molar-refractivity contribution in [1.82, 2.24) is 0 Å². The van der Waals surface area contributed by atoms with Gasteiger partial charge in [-0.1, -0.05) is 13.8 Å². The molecule has 0 saturated heterocycles. The maximum Gasteiger partial charge on any atom is 0.0938 e. The third-order valence-corrected chi connectivity index (χ3v) is 1.44. The van der Waals surface area contributed by atoms with Crippen LogP contribution < -0.4 is 5.73 Å². The Balaban J connectivity index is 3.42. The van der Waals surface area contributed by atoms with Crippen molar-refractivity contribution in [2.75, 3.05) is 20.3 Å². The lowest BCUT2D eigenvalue weighted by molar-refractivity contribution is 0.196. The number of amidine groups is 1. The highest BCUT2D eigenvalue weighted by Gasteiger charge is 1.94. The van der Waals surface area contributed by atoms with E-state index in [4.69, 9.17) is 10.5 Å². The molecule has 0 saturated carbocycles. The minimum atomic E-state index is 0.589. The second kappa shape index (κ2) is 7.10. The van der Waals surface area contributed by atoms with Crippen LogP contribution in [-0.4, -0.2) is 26.1 Å². The van der Waals surface area contributed by atoms with E-state index in [1.807, 2.05) is 0 Å². The highest BCUT2D eigenvalue weighted by atomic mass is 16.5. The van der Waals surface area contributed by atoms with E-state index in [2.05, 4.69) is 18.8 Å². The molecule has 72 valence electrons. The number of hydrogen-bond acceptors (Lipinski definition) is 2. The fourth-order valence-corrected chi connectivity index (χ4v) is 0.777. The van der Waals surface area contributed by atoms with Crippen LogP contribution >= 0.6 is 0 Å². The van der Waals surface area contributed by atoms with Crippen LogP contribution in [0.2, 0.25) is 0 Å². The molecule has 0 spiro atoms. The zero-order chi connectivity index (χ0) is 9.40. The molecule has 2 N–H and O–H groups in total. The maximum atomic E-state index is 5.66. The summed E-state index contributed by atoms with van der Waals surface area (Å²) in [6.45, 7) is 5.86. The summed E-state index contributed by atoms with van der Waals surface area (Å²) < 4.78 is 4.91. The van der Waals surface area contributed by atoms with E-state index in [-0.39, 0.29) is 0 Å². The van der Waals surface area contributed by atoms with Gasteiger partial charge in [-0.15, -0.1) is 0 Å². The smallest absolute Gasteiger partial charge is 0.0938 e. The largest absolute Gasteiger partial charge is 0.387 e. The monoisotopic (exact) mass is 172 g/mol. The van der Waals surface area contributed by atoms with Crippen LogP contribution in [0, 0.1) is 5.92 Å². The number of aliphatic imine (C=N–C) groups is 1. The van der Waals surface area contributed by atoms with Gasteiger partial charge in [0, 0.05) is 26.7 Å². The number of rotatable bonds is 6. The molecule has 0 aliphatic rings. The van der Waals surface area contributed by atoms with Gasteiger partial charge < -0.3 is 10.5 Å². The summed E-state index contributed by atoms with van der Waals surface area (Å²) in [5, 5.41) is 0. The molecule has 0 aliphatic heterocycles. The third-order valence-electron chi connectivity index (χ3n) is 1.44. The third kappa shape index (κ3) is 7.54. The van der Waals surface area contributed by atoms with Crippen molar-refractivity contribution in [3.63, 3.8) is 0 Å². The summed E-state index contributed by atoms with van der Waals surface area (Å²) in [6, 6.07) is 0. The normalized spacial score (nSPS) is 12.5. The second-order valence-corrected chi connectivity index (χ2v) is 3.32. The van der Waals surface area contributed by atoms with Gasteiger partial charge in [0.15, 0.2) is 0 Å². The lowest BCUT2D eigenvalue weighted by Crippen LogP contribution is -2.14. The zero-order valence-corrected chi connectivity index (χ0v) is 8.34. The topological polar surface area (TPSA) is 47.6 Å². The van der Waals surface area contributed by atoms with Crippen LogP contribution in [0.5, 0.6) is 0 Å². The molecule has 3 heteroatoms. The molecule has 0 rings (SSSR count). The lowest BCUT2D eigenvalue weighted by atomic mass is 10.2. The fourth-order valence-electron chi connectivity index (χ4n) is 0.777. The molecule has 0 fully saturated rings. The van der Waals surface area contributed by atoms with Gasteiger partial charge in [0.25, 0.3) is 0 Å². The van der Waals surface area contributed by atoms with Crippen LogP contribution in [0.25, 0.3) is 0 Å². The van der Waals surface area contributed by atoms with E-state index < -0.39 is 0 Å². The molecule has 0 bridgehead atoms.